The van der Waals surface area contributed by atoms with Crippen LogP contribution in [0.4, 0.5) is 14.5 Å². The summed E-state index contributed by atoms with van der Waals surface area (Å²) < 4.78 is 26.9. The van der Waals surface area contributed by atoms with Crippen LogP contribution in [0.3, 0.4) is 0 Å². The number of hydrogen-bond donors (Lipinski definition) is 2. The Hall–Kier alpha value is -2.39. The second-order valence-corrected chi connectivity index (χ2v) is 4.41. The third-order valence-electron chi connectivity index (χ3n) is 2.57. The monoisotopic (exact) mass is 290 g/mol. The predicted molar refractivity (Wildman–Crippen MR) is 72.7 cm³/mol. The highest BCUT2D eigenvalue weighted by atomic mass is 32.1. The highest BCUT2D eigenvalue weighted by Gasteiger charge is 2.15. The first-order chi connectivity index (χ1) is 9.52. The van der Waals surface area contributed by atoms with Gasteiger partial charge < -0.3 is 5.32 Å². The van der Waals surface area contributed by atoms with E-state index in [9.17, 15) is 13.6 Å². The van der Waals surface area contributed by atoms with Crippen molar-refractivity contribution in [2.75, 3.05) is 5.32 Å². The zero-order valence-corrected chi connectivity index (χ0v) is 10.9. The molecule has 2 aromatic carbocycles. The third kappa shape index (κ3) is 2.78. The molecule has 20 heavy (non-hydrogen) atoms. The highest BCUT2D eigenvalue weighted by molar-refractivity contribution is 7.80. The van der Waals surface area contributed by atoms with Gasteiger partial charge in [-0.25, -0.2) is 8.78 Å². The van der Waals surface area contributed by atoms with Crippen LogP contribution in [0.2, 0.25) is 0 Å². The number of benzene rings is 2. The second kappa shape index (κ2) is 5.72. The molecule has 0 aliphatic carbocycles. The number of anilines is 1. The molecule has 0 saturated heterocycles. The minimum absolute atomic E-state index is 0.0125. The van der Waals surface area contributed by atoms with E-state index < -0.39 is 17.5 Å². The van der Waals surface area contributed by atoms with Crippen LogP contribution in [-0.2, 0) is 0 Å². The van der Waals surface area contributed by atoms with Gasteiger partial charge in [-0.3, -0.25) is 4.79 Å². The molecular formula is C14H8F2N2OS. The van der Waals surface area contributed by atoms with Crippen molar-refractivity contribution < 1.29 is 13.6 Å². The van der Waals surface area contributed by atoms with Gasteiger partial charge in [-0.05, 0) is 30.3 Å². The number of carbonyl (C=O) groups excluding carboxylic acids is 1. The van der Waals surface area contributed by atoms with Gasteiger partial charge in [0.1, 0.15) is 23.3 Å². The first-order valence-electron chi connectivity index (χ1n) is 5.51. The lowest BCUT2D eigenvalue weighted by Gasteiger charge is -2.08. The summed E-state index contributed by atoms with van der Waals surface area (Å²) in [6.07, 6.45) is 0. The number of rotatable bonds is 2. The average molecular weight is 290 g/mol. The van der Waals surface area contributed by atoms with Crippen molar-refractivity contribution in [2.24, 2.45) is 0 Å². The molecule has 0 atom stereocenters. The van der Waals surface area contributed by atoms with Gasteiger partial charge >= 0.3 is 0 Å². The van der Waals surface area contributed by atoms with E-state index in [0.29, 0.717) is 4.90 Å². The molecule has 6 heteroatoms. The van der Waals surface area contributed by atoms with Crippen molar-refractivity contribution in [3.63, 3.8) is 0 Å². The van der Waals surface area contributed by atoms with Gasteiger partial charge in [0.25, 0.3) is 5.91 Å². The largest absolute Gasteiger partial charge is 0.321 e. The Morgan fingerprint density at radius 1 is 1.20 bits per heavy atom. The number of thiol groups is 1. The minimum atomic E-state index is -0.777. The fraction of sp³-hybridized carbons (Fsp3) is 0. The van der Waals surface area contributed by atoms with Crippen molar-refractivity contribution in [1.82, 2.24) is 0 Å². The number of nitrogens with one attached hydrogen (secondary N) is 1. The van der Waals surface area contributed by atoms with Crippen LogP contribution in [0.1, 0.15) is 15.9 Å². The SMILES string of the molecule is N#Cc1c(F)cccc1NC(=O)c1cc(S)ccc1F. The van der Waals surface area contributed by atoms with Gasteiger partial charge in [-0.1, -0.05) is 6.07 Å². The molecule has 2 aromatic rings. The number of nitriles is 1. The molecule has 0 unspecified atom stereocenters. The van der Waals surface area contributed by atoms with E-state index in [0.717, 1.165) is 12.1 Å². The smallest absolute Gasteiger partial charge is 0.258 e. The summed E-state index contributed by atoms with van der Waals surface area (Å²) in [5, 5.41) is 11.2. The van der Waals surface area contributed by atoms with Gasteiger partial charge in [-0.2, -0.15) is 5.26 Å². The van der Waals surface area contributed by atoms with Crippen LogP contribution in [0.25, 0.3) is 0 Å². The zero-order valence-electron chi connectivity index (χ0n) is 10.0. The molecule has 1 amide bonds. The predicted octanol–water partition coefficient (Wildman–Crippen LogP) is 3.38. The Morgan fingerprint density at radius 2 is 1.95 bits per heavy atom. The summed E-state index contributed by atoms with van der Waals surface area (Å²) in [5.74, 6) is -2.26. The molecule has 2 rings (SSSR count). The van der Waals surface area contributed by atoms with Gasteiger partial charge in [0.05, 0.1) is 11.3 Å². The lowest BCUT2D eigenvalue weighted by atomic mass is 10.1. The van der Waals surface area contributed by atoms with Gasteiger partial charge in [0.2, 0.25) is 0 Å². The van der Waals surface area contributed by atoms with E-state index in [1.54, 1.807) is 6.07 Å². The van der Waals surface area contributed by atoms with E-state index in [-0.39, 0.29) is 16.8 Å². The normalized spacial score (nSPS) is 9.90. The maximum Gasteiger partial charge on any atom is 0.258 e. The Labute approximate surface area is 119 Å². The van der Waals surface area contributed by atoms with Crippen molar-refractivity contribution in [3.05, 3.63) is 59.2 Å². The van der Waals surface area contributed by atoms with Crippen molar-refractivity contribution >= 4 is 24.2 Å². The highest BCUT2D eigenvalue weighted by Crippen LogP contribution is 2.20. The van der Waals surface area contributed by atoms with E-state index in [4.69, 9.17) is 5.26 Å². The summed E-state index contributed by atoms with van der Waals surface area (Å²) in [7, 11) is 0. The summed E-state index contributed by atoms with van der Waals surface area (Å²) >= 11 is 4.02. The van der Waals surface area contributed by atoms with Crippen LogP contribution in [0.5, 0.6) is 0 Å². The van der Waals surface area contributed by atoms with Crippen LogP contribution in [0, 0.1) is 23.0 Å². The van der Waals surface area contributed by atoms with Crippen LogP contribution < -0.4 is 5.32 Å². The molecule has 0 fully saturated rings. The standard InChI is InChI=1S/C14H8F2N2OS/c15-11-2-1-3-13(10(11)7-17)18-14(19)9-6-8(20)4-5-12(9)16/h1-6,20H,(H,18,19). The molecular weight excluding hydrogens is 282 g/mol. The lowest BCUT2D eigenvalue weighted by molar-refractivity contribution is 0.102. The summed E-state index contributed by atoms with van der Waals surface area (Å²) in [5.41, 5.74) is -0.546. The molecule has 0 saturated carbocycles. The summed E-state index contributed by atoms with van der Waals surface area (Å²) in [4.78, 5) is 12.4. The zero-order chi connectivity index (χ0) is 14.7. The Morgan fingerprint density at radius 3 is 2.65 bits per heavy atom. The fourth-order valence-corrected chi connectivity index (χ4v) is 1.82. The van der Waals surface area contributed by atoms with Crippen molar-refractivity contribution in [2.45, 2.75) is 4.90 Å². The molecule has 0 bridgehead atoms. The van der Waals surface area contributed by atoms with Crippen molar-refractivity contribution in [1.29, 1.82) is 5.26 Å². The van der Waals surface area contributed by atoms with Gasteiger partial charge in [0.15, 0.2) is 0 Å². The molecule has 0 aromatic heterocycles. The molecule has 0 aliphatic rings. The van der Waals surface area contributed by atoms with Crippen molar-refractivity contribution in [3.8, 4) is 6.07 Å². The Balaban J connectivity index is 2.36. The Kier molecular flexibility index (Phi) is 4.01. The second-order valence-electron chi connectivity index (χ2n) is 3.89. The molecule has 0 aliphatic heterocycles. The van der Waals surface area contributed by atoms with Crippen LogP contribution in [-0.4, -0.2) is 5.91 Å². The maximum atomic E-state index is 13.6. The summed E-state index contributed by atoms with van der Waals surface area (Å²) in [6, 6.07) is 9.21. The molecule has 0 radical (unpaired) electrons. The van der Waals surface area contributed by atoms with Crippen LogP contribution in [0.15, 0.2) is 41.3 Å². The number of hydrogen-bond acceptors (Lipinski definition) is 3. The molecule has 0 heterocycles. The maximum absolute atomic E-state index is 13.6. The van der Waals surface area contributed by atoms with Crippen LogP contribution >= 0.6 is 12.6 Å². The minimum Gasteiger partial charge on any atom is -0.321 e. The summed E-state index contributed by atoms with van der Waals surface area (Å²) in [6.45, 7) is 0. The lowest BCUT2D eigenvalue weighted by Crippen LogP contribution is -2.15. The fourth-order valence-electron chi connectivity index (χ4n) is 1.62. The first kappa shape index (κ1) is 14.0. The average Bonchev–Trinajstić information content (AvgIpc) is 2.41. The molecule has 100 valence electrons. The molecule has 3 nitrogen and oxygen atoms in total. The van der Waals surface area contributed by atoms with Gasteiger partial charge in [0, 0.05) is 4.90 Å². The van der Waals surface area contributed by atoms with E-state index in [1.165, 1.54) is 24.3 Å². The van der Waals surface area contributed by atoms with E-state index in [2.05, 4.69) is 17.9 Å². The number of amides is 1. The third-order valence-corrected chi connectivity index (χ3v) is 2.85. The number of carbonyl (C=O) groups is 1. The number of halogens is 2. The van der Waals surface area contributed by atoms with E-state index in [1.807, 2.05) is 0 Å². The molecule has 0 spiro atoms. The Bertz CT molecular complexity index is 726. The quantitative estimate of drug-likeness (QED) is 0.833. The topological polar surface area (TPSA) is 52.9 Å². The van der Waals surface area contributed by atoms with E-state index >= 15 is 0 Å². The first-order valence-corrected chi connectivity index (χ1v) is 5.96. The van der Waals surface area contributed by atoms with Gasteiger partial charge in [-0.15, -0.1) is 12.6 Å². The number of nitrogens with zero attached hydrogens (tertiary/aromatic N) is 1. The molecule has 1 N–H and O–H groups in total.